The van der Waals surface area contributed by atoms with Crippen LogP contribution in [0.2, 0.25) is 0 Å². The SMILES string of the molecule is CC1CC1NC(=O)C1C(C)C1(F)F. The van der Waals surface area contributed by atoms with Gasteiger partial charge in [-0.2, -0.15) is 0 Å². The van der Waals surface area contributed by atoms with Crippen molar-refractivity contribution in [1.29, 1.82) is 0 Å². The Morgan fingerprint density at radius 2 is 1.92 bits per heavy atom. The highest BCUT2D eigenvalue weighted by Crippen LogP contribution is 2.55. The number of halogens is 2. The van der Waals surface area contributed by atoms with Crippen LogP contribution in [-0.4, -0.2) is 17.9 Å². The normalized spacial score (nSPS) is 45.5. The fourth-order valence-corrected chi connectivity index (χ4v) is 1.68. The summed E-state index contributed by atoms with van der Waals surface area (Å²) in [5, 5.41) is 2.63. The molecule has 74 valence electrons. The van der Waals surface area contributed by atoms with E-state index >= 15 is 0 Å². The molecule has 0 bridgehead atoms. The van der Waals surface area contributed by atoms with E-state index < -0.39 is 23.7 Å². The molecule has 4 atom stereocenters. The van der Waals surface area contributed by atoms with Crippen molar-refractivity contribution in [3.63, 3.8) is 0 Å². The van der Waals surface area contributed by atoms with Crippen LogP contribution >= 0.6 is 0 Å². The summed E-state index contributed by atoms with van der Waals surface area (Å²) < 4.78 is 25.5. The fraction of sp³-hybridized carbons (Fsp3) is 0.889. The molecule has 4 heteroatoms. The fourth-order valence-electron chi connectivity index (χ4n) is 1.68. The monoisotopic (exact) mass is 189 g/mol. The molecule has 0 spiro atoms. The van der Waals surface area contributed by atoms with Crippen molar-refractivity contribution < 1.29 is 13.6 Å². The molecular formula is C9H13F2NO. The van der Waals surface area contributed by atoms with Gasteiger partial charge in [0.25, 0.3) is 5.92 Å². The van der Waals surface area contributed by atoms with Crippen LogP contribution < -0.4 is 5.32 Å². The van der Waals surface area contributed by atoms with Crippen LogP contribution in [0.5, 0.6) is 0 Å². The molecule has 1 amide bonds. The standard InChI is InChI=1S/C9H13F2NO/c1-4-3-6(4)12-8(13)7-5(2)9(7,10)11/h4-7H,3H2,1-2H3,(H,12,13). The van der Waals surface area contributed by atoms with E-state index in [2.05, 4.69) is 5.32 Å². The van der Waals surface area contributed by atoms with Gasteiger partial charge in [0.05, 0.1) is 0 Å². The molecule has 0 radical (unpaired) electrons. The van der Waals surface area contributed by atoms with E-state index in [0.717, 1.165) is 6.42 Å². The van der Waals surface area contributed by atoms with Crippen LogP contribution in [0.3, 0.4) is 0 Å². The van der Waals surface area contributed by atoms with Gasteiger partial charge in [-0.3, -0.25) is 4.79 Å². The minimum Gasteiger partial charge on any atom is -0.353 e. The Balaban J connectivity index is 1.86. The molecule has 2 saturated carbocycles. The van der Waals surface area contributed by atoms with Gasteiger partial charge in [-0.05, 0) is 12.3 Å². The number of alkyl halides is 2. The van der Waals surface area contributed by atoms with Gasteiger partial charge in [0.1, 0.15) is 5.92 Å². The number of amides is 1. The zero-order chi connectivity index (χ0) is 9.80. The van der Waals surface area contributed by atoms with E-state index in [1.165, 1.54) is 6.92 Å². The van der Waals surface area contributed by atoms with Gasteiger partial charge in [-0.1, -0.05) is 13.8 Å². The molecule has 0 heterocycles. The van der Waals surface area contributed by atoms with Gasteiger partial charge in [-0.25, -0.2) is 8.78 Å². The molecule has 2 fully saturated rings. The second-order valence-electron chi connectivity index (χ2n) is 4.27. The number of hydrogen-bond donors (Lipinski definition) is 1. The summed E-state index contributed by atoms with van der Waals surface area (Å²) in [5.74, 6) is -4.61. The van der Waals surface area contributed by atoms with Gasteiger partial charge < -0.3 is 5.32 Å². The summed E-state index contributed by atoms with van der Waals surface area (Å²) in [5.41, 5.74) is 0. The first-order valence-electron chi connectivity index (χ1n) is 4.62. The van der Waals surface area contributed by atoms with E-state index in [9.17, 15) is 13.6 Å². The lowest BCUT2D eigenvalue weighted by molar-refractivity contribution is -0.124. The van der Waals surface area contributed by atoms with E-state index in [1.54, 1.807) is 0 Å². The van der Waals surface area contributed by atoms with Crippen molar-refractivity contribution in [1.82, 2.24) is 5.32 Å². The summed E-state index contributed by atoms with van der Waals surface area (Å²) in [4.78, 5) is 11.2. The molecule has 2 aliphatic carbocycles. The highest BCUT2D eigenvalue weighted by atomic mass is 19.3. The first-order valence-corrected chi connectivity index (χ1v) is 4.62. The Kier molecular flexibility index (Phi) is 1.66. The predicted molar refractivity (Wildman–Crippen MR) is 43.3 cm³/mol. The van der Waals surface area contributed by atoms with Gasteiger partial charge in [-0.15, -0.1) is 0 Å². The maximum atomic E-state index is 12.7. The van der Waals surface area contributed by atoms with Crippen molar-refractivity contribution in [2.45, 2.75) is 32.2 Å². The summed E-state index contributed by atoms with van der Waals surface area (Å²) >= 11 is 0. The number of rotatable bonds is 2. The summed E-state index contributed by atoms with van der Waals surface area (Å²) in [6.07, 6.45) is 0.929. The molecule has 13 heavy (non-hydrogen) atoms. The first-order chi connectivity index (χ1) is 5.94. The molecule has 0 aromatic rings. The van der Waals surface area contributed by atoms with E-state index in [0.29, 0.717) is 5.92 Å². The topological polar surface area (TPSA) is 29.1 Å². The second kappa shape index (κ2) is 2.42. The summed E-state index contributed by atoms with van der Waals surface area (Å²) in [6, 6.07) is 0.149. The zero-order valence-electron chi connectivity index (χ0n) is 7.68. The number of carbonyl (C=O) groups excluding carboxylic acids is 1. The van der Waals surface area contributed by atoms with Crippen molar-refractivity contribution in [2.75, 3.05) is 0 Å². The van der Waals surface area contributed by atoms with Crippen LogP contribution in [0.25, 0.3) is 0 Å². The van der Waals surface area contributed by atoms with E-state index in [4.69, 9.17) is 0 Å². The van der Waals surface area contributed by atoms with E-state index in [1.807, 2.05) is 6.92 Å². The lowest BCUT2D eigenvalue weighted by Gasteiger charge is -2.01. The highest BCUT2D eigenvalue weighted by Gasteiger charge is 2.69. The molecule has 4 unspecified atom stereocenters. The van der Waals surface area contributed by atoms with Crippen molar-refractivity contribution in [3.8, 4) is 0 Å². The van der Waals surface area contributed by atoms with Gasteiger partial charge in [0.15, 0.2) is 0 Å². The smallest absolute Gasteiger partial charge is 0.263 e. The van der Waals surface area contributed by atoms with Gasteiger partial charge in [0.2, 0.25) is 5.91 Å². The molecule has 2 nitrogen and oxygen atoms in total. The minimum absolute atomic E-state index is 0.149. The van der Waals surface area contributed by atoms with Crippen LogP contribution in [0.1, 0.15) is 20.3 Å². The quantitative estimate of drug-likeness (QED) is 0.699. The lowest BCUT2D eigenvalue weighted by Crippen LogP contribution is -2.30. The molecular weight excluding hydrogens is 176 g/mol. The Morgan fingerprint density at radius 1 is 1.46 bits per heavy atom. The molecule has 0 saturated heterocycles. The molecule has 1 N–H and O–H groups in total. The van der Waals surface area contributed by atoms with Gasteiger partial charge in [0, 0.05) is 12.0 Å². The third-order valence-electron chi connectivity index (χ3n) is 3.13. The average molecular weight is 189 g/mol. The second-order valence-corrected chi connectivity index (χ2v) is 4.27. The minimum atomic E-state index is -2.76. The van der Waals surface area contributed by atoms with Gasteiger partial charge >= 0.3 is 0 Å². The Morgan fingerprint density at radius 3 is 2.23 bits per heavy atom. The lowest BCUT2D eigenvalue weighted by atomic mass is 10.3. The zero-order valence-corrected chi connectivity index (χ0v) is 7.68. The van der Waals surface area contributed by atoms with Crippen LogP contribution in [0.15, 0.2) is 0 Å². The maximum Gasteiger partial charge on any atom is 0.263 e. The third-order valence-corrected chi connectivity index (χ3v) is 3.13. The maximum absolute atomic E-state index is 12.7. The van der Waals surface area contributed by atoms with Crippen molar-refractivity contribution in [3.05, 3.63) is 0 Å². The predicted octanol–water partition coefficient (Wildman–Crippen LogP) is 1.41. The van der Waals surface area contributed by atoms with Crippen LogP contribution in [0, 0.1) is 17.8 Å². The number of carbonyl (C=O) groups is 1. The first kappa shape index (κ1) is 8.91. The molecule has 2 rings (SSSR count). The third kappa shape index (κ3) is 1.32. The summed E-state index contributed by atoms with van der Waals surface area (Å²) in [6.45, 7) is 3.42. The average Bonchev–Trinajstić information content (AvgIpc) is 2.77. The summed E-state index contributed by atoms with van der Waals surface area (Å²) in [7, 11) is 0. The molecule has 0 aromatic carbocycles. The number of nitrogens with one attached hydrogen (secondary N) is 1. The molecule has 0 aromatic heterocycles. The van der Waals surface area contributed by atoms with Crippen molar-refractivity contribution >= 4 is 5.91 Å². The van der Waals surface area contributed by atoms with Crippen molar-refractivity contribution in [2.24, 2.45) is 17.8 Å². The Bertz CT molecular complexity index is 254. The highest BCUT2D eigenvalue weighted by molar-refractivity contribution is 5.84. The van der Waals surface area contributed by atoms with Crippen LogP contribution in [-0.2, 0) is 4.79 Å². The van der Waals surface area contributed by atoms with Crippen LogP contribution in [0.4, 0.5) is 8.78 Å². The van der Waals surface area contributed by atoms with E-state index in [-0.39, 0.29) is 6.04 Å². The molecule has 0 aliphatic heterocycles. The molecule has 2 aliphatic rings. The largest absolute Gasteiger partial charge is 0.353 e. The Hall–Kier alpha value is -0.670. The number of hydrogen-bond acceptors (Lipinski definition) is 1. The Labute approximate surface area is 75.7 Å².